The molecule has 1 saturated heterocycles. The Hall–Kier alpha value is -1.73. The number of nitrogens with zero attached hydrogens (tertiary/aromatic N) is 3. The summed E-state index contributed by atoms with van der Waals surface area (Å²) in [6, 6.07) is 0. The Labute approximate surface area is 127 Å². The van der Waals surface area contributed by atoms with Crippen molar-refractivity contribution in [2.75, 3.05) is 31.9 Å². The van der Waals surface area contributed by atoms with Crippen molar-refractivity contribution in [3.8, 4) is 0 Å². The van der Waals surface area contributed by atoms with Gasteiger partial charge in [0.15, 0.2) is 0 Å². The number of thiophene rings is 1. The second kappa shape index (κ2) is 5.95. The third-order valence-corrected chi connectivity index (χ3v) is 5.04. The first kappa shape index (κ1) is 14.2. The molecule has 112 valence electrons. The summed E-state index contributed by atoms with van der Waals surface area (Å²) in [6.45, 7) is 6.12. The molecule has 7 heteroatoms. The minimum absolute atomic E-state index is 0.118. The van der Waals surface area contributed by atoms with Gasteiger partial charge in [0.1, 0.15) is 15.2 Å². The van der Waals surface area contributed by atoms with Gasteiger partial charge in [-0.1, -0.05) is 6.92 Å². The quantitative estimate of drug-likeness (QED) is 0.890. The van der Waals surface area contributed by atoms with Crippen LogP contribution in [0.4, 0.5) is 5.69 Å². The van der Waals surface area contributed by atoms with Crippen molar-refractivity contribution in [1.82, 2.24) is 20.2 Å². The summed E-state index contributed by atoms with van der Waals surface area (Å²) in [5.74, 6) is 0.410. The number of anilines is 1. The number of nitrogens with two attached hydrogens (primary N) is 1. The van der Waals surface area contributed by atoms with Crippen LogP contribution in [0.25, 0.3) is 10.3 Å². The Balaban J connectivity index is 1.66. The highest BCUT2D eigenvalue weighted by molar-refractivity contribution is 7.21. The second-order valence-electron chi connectivity index (χ2n) is 5.31. The maximum Gasteiger partial charge on any atom is 0.263 e. The number of nitrogens with one attached hydrogen (secondary N) is 1. The number of rotatable bonds is 4. The number of hydrogen-bond acceptors (Lipinski definition) is 6. The molecule has 0 aliphatic carbocycles. The van der Waals surface area contributed by atoms with Gasteiger partial charge in [-0.25, -0.2) is 9.97 Å². The predicted octanol–water partition coefficient (Wildman–Crippen LogP) is 1.35. The lowest BCUT2D eigenvalue weighted by Crippen LogP contribution is -2.30. The van der Waals surface area contributed by atoms with E-state index in [0.29, 0.717) is 33.4 Å². The fraction of sp³-hybridized carbons (Fsp3) is 0.500. The van der Waals surface area contributed by atoms with Crippen molar-refractivity contribution in [3.05, 3.63) is 17.3 Å². The van der Waals surface area contributed by atoms with Crippen molar-refractivity contribution in [2.24, 2.45) is 5.92 Å². The summed E-state index contributed by atoms with van der Waals surface area (Å²) >= 11 is 1.30. The first-order valence-electron chi connectivity index (χ1n) is 7.18. The van der Waals surface area contributed by atoms with Crippen molar-refractivity contribution in [2.45, 2.75) is 13.3 Å². The summed E-state index contributed by atoms with van der Waals surface area (Å²) in [5.41, 5.74) is 7.06. The fourth-order valence-electron chi connectivity index (χ4n) is 2.70. The fourth-order valence-corrected chi connectivity index (χ4v) is 3.63. The number of carbonyl (C=O) groups excluding carboxylic acids is 1. The van der Waals surface area contributed by atoms with Crippen LogP contribution in [-0.2, 0) is 0 Å². The summed E-state index contributed by atoms with van der Waals surface area (Å²) in [6.07, 6.45) is 4.34. The highest BCUT2D eigenvalue weighted by Gasteiger charge is 2.23. The van der Waals surface area contributed by atoms with Gasteiger partial charge in [0.25, 0.3) is 5.91 Å². The van der Waals surface area contributed by atoms with Gasteiger partial charge < -0.3 is 16.0 Å². The van der Waals surface area contributed by atoms with Gasteiger partial charge in [-0.05, 0) is 25.4 Å². The molecule has 3 heterocycles. The zero-order valence-corrected chi connectivity index (χ0v) is 12.8. The molecular weight excluding hydrogens is 286 g/mol. The Morgan fingerprint density at radius 2 is 2.33 bits per heavy atom. The van der Waals surface area contributed by atoms with Gasteiger partial charge in [0, 0.05) is 25.5 Å². The lowest BCUT2D eigenvalue weighted by Gasteiger charge is -2.13. The highest BCUT2D eigenvalue weighted by atomic mass is 32.1. The molecule has 2 aromatic heterocycles. The van der Waals surface area contributed by atoms with Crippen LogP contribution in [0.5, 0.6) is 0 Å². The Kier molecular flexibility index (Phi) is 4.03. The maximum atomic E-state index is 12.3. The Bertz CT molecular complexity index is 656. The van der Waals surface area contributed by atoms with Crippen molar-refractivity contribution in [1.29, 1.82) is 0 Å². The van der Waals surface area contributed by atoms with E-state index in [-0.39, 0.29) is 5.91 Å². The normalized spacial score (nSPS) is 19.2. The third kappa shape index (κ3) is 2.84. The summed E-state index contributed by atoms with van der Waals surface area (Å²) < 4.78 is 0. The van der Waals surface area contributed by atoms with Crippen LogP contribution in [0.15, 0.2) is 12.4 Å². The van der Waals surface area contributed by atoms with Gasteiger partial charge in [0.05, 0.1) is 5.69 Å². The molecule has 3 rings (SSSR count). The first-order valence-corrected chi connectivity index (χ1v) is 8.00. The summed E-state index contributed by atoms with van der Waals surface area (Å²) in [7, 11) is 0. The number of amides is 1. The molecule has 1 unspecified atom stereocenters. The van der Waals surface area contributed by atoms with Crippen molar-refractivity contribution < 1.29 is 4.79 Å². The van der Waals surface area contributed by atoms with Gasteiger partial charge in [-0.3, -0.25) is 4.79 Å². The van der Waals surface area contributed by atoms with Crippen LogP contribution in [0, 0.1) is 5.92 Å². The zero-order chi connectivity index (χ0) is 14.8. The van der Waals surface area contributed by atoms with E-state index in [0.717, 1.165) is 26.1 Å². The molecule has 6 nitrogen and oxygen atoms in total. The number of fused-ring (bicyclic) bond motifs is 1. The van der Waals surface area contributed by atoms with Crippen LogP contribution < -0.4 is 11.1 Å². The molecule has 1 aliphatic rings. The van der Waals surface area contributed by atoms with E-state index in [1.54, 1.807) is 12.4 Å². The lowest BCUT2D eigenvalue weighted by molar-refractivity contribution is 0.0952. The SMILES string of the molecule is CCN1CCC(CNC(=O)c2sc3nccnc3c2N)C1. The molecule has 1 fully saturated rings. The molecule has 0 radical (unpaired) electrons. The average Bonchev–Trinajstić information content (AvgIpc) is 3.10. The molecular formula is C14H19N5OS. The first-order chi connectivity index (χ1) is 10.2. The van der Waals surface area contributed by atoms with E-state index in [2.05, 4.69) is 27.1 Å². The monoisotopic (exact) mass is 305 g/mol. The van der Waals surface area contributed by atoms with E-state index in [9.17, 15) is 4.79 Å². The third-order valence-electron chi connectivity index (χ3n) is 3.94. The van der Waals surface area contributed by atoms with Crippen LogP contribution in [0.2, 0.25) is 0 Å². The Morgan fingerprint density at radius 1 is 1.52 bits per heavy atom. The lowest BCUT2D eigenvalue weighted by atomic mass is 10.1. The predicted molar refractivity (Wildman–Crippen MR) is 84.4 cm³/mol. The Morgan fingerprint density at radius 3 is 3.05 bits per heavy atom. The van der Waals surface area contributed by atoms with Crippen LogP contribution in [0.1, 0.15) is 23.0 Å². The minimum Gasteiger partial charge on any atom is -0.396 e. The minimum atomic E-state index is -0.118. The smallest absolute Gasteiger partial charge is 0.263 e. The van der Waals surface area contributed by atoms with Crippen LogP contribution >= 0.6 is 11.3 Å². The average molecular weight is 305 g/mol. The molecule has 21 heavy (non-hydrogen) atoms. The molecule has 1 aliphatic heterocycles. The van der Waals surface area contributed by atoms with Crippen LogP contribution in [-0.4, -0.2) is 47.0 Å². The second-order valence-corrected chi connectivity index (χ2v) is 6.31. The summed E-state index contributed by atoms with van der Waals surface area (Å²) in [4.78, 5) is 24.3. The molecule has 3 N–H and O–H groups in total. The highest BCUT2D eigenvalue weighted by Crippen LogP contribution is 2.30. The van der Waals surface area contributed by atoms with E-state index < -0.39 is 0 Å². The van der Waals surface area contributed by atoms with Gasteiger partial charge in [-0.15, -0.1) is 11.3 Å². The van der Waals surface area contributed by atoms with E-state index in [1.165, 1.54) is 11.3 Å². The van der Waals surface area contributed by atoms with E-state index in [4.69, 9.17) is 5.73 Å². The van der Waals surface area contributed by atoms with Gasteiger partial charge >= 0.3 is 0 Å². The number of likely N-dealkylation sites (tertiary alicyclic amines) is 1. The molecule has 0 spiro atoms. The standard InChI is InChI=1S/C14H19N5OS/c1-2-19-6-3-9(8-19)7-18-13(20)12-10(15)11-14(21-12)17-5-4-16-11/h4-5,9H,2-3,6-8,15H2,1H3,(H,18,20). The van der Waals surface area contributed by atoms with Gasteiger partial charge in [0.2, 0.25) is 0 Å². The number of hydrogen-bond donors (Lipinski definition) is 2. The summed E-state index contributed by atoms with van der Waals surface area (Å²) in [5, 5.41) is 3.00. The van der Waals surface area contributed by atoms with Crippen LogP contribution in [0.3, 0.4) is 0 Å². The molecule has 1 atom stereocenters. The van der Waals surface area contributed by atoms with E-state index >= 15 is 0 Å². The number of aromatic nitrogens is 2. The maximum absolute atomic E-state index is 12.3. The van der Waals surface area contributed by atoms with Crippen molar-refractivity contribution in [3.63, 3.8) is 0 Å². The van der Waals surface area contributed by atoms with E-state index in [1.807, 2.05) is 0 Å². The molecule has 1 amide bonds. The van der Waals surface area contributed by atoms with Crippen molar-refractivity contribution >= 4 is 33.3 Å². The number of nitrogen functional groups attached to an aromatic ring is 1. The molecule has 2 aromatic rings. The van der Waals surface area contributed by atoms with Gasteiger partial charge in [-0.2, -0.15) is 0 Å². The largest absolute Gasteiger partial charge is 0.396 e. The molecule has 0 saturated carbocycles. The topological polar surface area (TPSA) is 84.1 Å². The molecule has 0 aromatic carbocycles. The molecule has 0 bridgehead atoms. The zero-order valence-electron chi connectivity index (χ0n) is 12.0. The number of carbonyl (C=O) groups is 1.